The Kier molecular flexibility index (Phi) is 5.52. The highest BCUT2D eigenvalue weighted by Crippen LogP contribution is 1.99. The molecule has 0 amide bonds. The van der Waals surface area contributed by atoms with E-state index in [1.165, 1.54) is 5.56 Å². The molecule has 0 aliphatic rings. The minimum atomic E-state index is 0.402. The zero-order valence-corrected chi connectivity index (χ0v) is 11.2. The van der Waals surface area contributed by atoms with Crippen LogP contribution in [0, 0.1) is 0 Å². The van der Waals surface area contributed by atoms with Crippen LogP contribution in [0.3, 0.4) is 0 Å². The summed E-state index contributed by atoms with van der Waals surface area (Å²) in [4.78, 5) is 4.15. The second-order valence-electron chi connectivity index (χ2n) is 4.42. The number of guanidine groups is 1. The lowest BCUT2D eigenvalue weighted by atomic mass is 10.2. The monoisotopic (exact) mass is 237 g/mol. The van der Waals surface area contributed by atoms with E-state index in [-0.39, 0.29) is 0 Å². The van der Waals surface area contributed by atoms with Gasteiger partial charge in [-0.25, -0.2) is 0 Å². The number of rotatable bonds is 5. The number of hydrogen-bond donors (Lipinski definition) is 2. The van der Waals surface area contributed by atoms with Gasteiger partial charge in [0.15, 0.2) is 5.96 Å². The Labute approximate surface area is 103 Å². The highest BCUT2D eigenvalue weighted by Gasteiger charge is 2.00. The molecule has 0 radical (unpaired) electrons. The van der Waals surface area contributed by atoms with E-state index in [1.54, 1.807) is 7.05 Å². The fraction of sp³-hybridized carbons (Fsp3) is 0.667. The van der Waals surface area contributed by atoms with Gasteiger partial charge in [0, 0.05) is 32.9 Å². The third-order valence-electron chi connectivity index (χ3n) is 2.34. The van der Waals surface area contributed by atoms with E-state index >= 15 is 0 Å². The average Bonchev–Trinajstić information content (AvgIpc) is 2.68. The summed E-state index contributed by atoms with van der Waals surface area (Å²) < 4.78 is 1.84. The van der Waals surface area contributed by atoms with Crippen molar-refractivity contribution in [1.29, 1.82) is 0 Å². The second kappa shape index (κ2) is 6.93. The Morgan fingerprint density at radius 1 is 1.53 bits per heavy atom. The number of aliphatic imine (C=N–C) groups is 1. The summed E-state index contributed by atoms with van der Waals surface area (Å²) in [6.07, 6.45) is 6.09. The first-order chi connectivity index (χ1) is 8.11. The number of nitrogens with zero attached hydrogens (tertiary/aromatic N) is 3. The Hall–Kier alpha value is -1.52. The Bertz CT molecular complexity index is 354. The van der Waals surface area contributed by atoms with Crippen LogP contribution in [0.4, 0.5) is 0 Å². The van der Waals surface area contributed by atoms with Gasteiger partial charge >= 0.3 is 0 Å². The van der Waals surface area contributed by atoms with E-state index in [9.17, 15) is 0 Å². The molecule has 0 aromatic carbocycles. The van der Waals surface area contributed by atoms with Gasteiger partial charge in [-0.05, 0) is 32.3 Å². The lowest BCUT2D eigenvalue weighted by Crippen LogP contribution is -2.41. The van der Waals surface area contributed by atoms with Crippen molar-refractivity contribution >= 4 is 5.96 Å². The van der Waals surface area contributed by atoms with Crippen LogP contribution >= 0.6 is 0 Å². The maximum Gasteiger partial charge on any atom is 0.191 e. The molecule has 1 rings (SSSR count). The summed E-state index contributed by atoms with van der Waals surface area (Å²) in [7, 11) is 3.73. The van der Waals surface area contributed by atoms with E-state index in [4.69, 9.17) is 0 Å². The summed E-state index contributed by atoms with van der Waals surface area (Å²) in [6, 6.07) is 0.402. The lowest BCUT2D eigenvalue weighted by molar-refractivity contribution is 0.685. The Morgan fingerprint density at radius 3 is 2.82 bits per heavy atom. The van der Waals surface area contributed by atoms with Crippen LogP contribution in [-0.2, 0) is 13.5 Å². The highest BCUT2D eigenvalue weighted by atomic mass is 15.2. The van der Waals surface area contributed by atoms with E-state index < -0.39 is 0 Å². The molecule has 2 N–H and O–H groups in total. The van der Waals surface area contributed by atoms with Crippen LogP contribution in [0.5, 0.6) is 0 Å². The molecule has 0 unspecified atom stereocenters. The predicted octanol–water partition coefficient (Wildman–Crippen LogP) is 0.926. The molecule has 1 heterocycles. The Morgan fingerprint density at radius 2 is 2.29 bits per heavy atom. The average molecular weight is 237 g/mol. The van der Waals surface area contributed by atoms with E-state index in [2.05, 4.69) is 40.8 Å². The lowest BCUT2D eigenvalue weighted by Gasteiger charge is -2.13. The van der Waals surface area contributed by atoms with Crippen molar-refractivity contribution in [2.45, 2.75) is 32.7 Å². The van der Waals surface area contributed by atoms with Crippen LogP contribution < -0.4 is 10.6 Å². The van der Waals surface area contributed by atoms with Gasteiger partial charge in [0.1, 0.15) is 0 Å². The summed E-state index contributed by atoms with van der Waals surface area (Å²) >= 11 is 0. The first-order valence-electron chi connectivity index (χ1n) is 6.06. The van der Waals surface area contributed by atoms with Gasteiger partial charge in [-0.3, -0.25) is 9.67 Å². The molecule has 0 atom stereocenters. The fourth-order valence-corrected chi connectivity index (χ4v) is 1.57. The Balaban J connectivity index is 2.19. The molecule has 17 heavy (non-hydrogen) atoms. The molecule has 0 spiro atoms. The molecular weight excluding hydrogens is 214 g/mol. The normalized spacial score (nSPS) is 11.9. The smallest absolute Gasteiger partial charge is 0.191 e. The summed E-state index contributed by atoms with van der Waals surface area (Å²) in [5.74, 6) is 0.867. The molecule has 0 bridgehead atoms. The van der Waals surface area contributed by atoms with Gasteiger partial charge in [0.05, 0.1) is 6.20 Å². The van der Waals surface area contributed by atoms with Crippen molar-refractivity contribution < 1.29 is 0 Å². The van der Waals surface area contributed by atoms with Gasteiger partial charge in [-0.2, -0.15) is 5.10 Å². The van der Waals surface area contributed by atoms with Gasteiger partial charge in [0.2, 0.25) is 0 Å². The maximum absolute atomic E-state index is 4.15. The van der Waals surface area contributed by atoms with Gasteiger partial charge in [-0.15, -0.1) is 0 Å². The fourth-order valence-electron chi connectivity index (χ4n) is 1.57. The van der Waals surface area contributed by atoms with Crippen LogP contribution in [0.1, 0.15) is 25.8 Å². The zero-order valence-electron chi connectivity index (χ0n) is 11.2. The molecule has 0 saturated carbocycles. The predicted molar refractivity (Wildman–Crippen MR) is 71.2 cm³/mol. The van der Waals surface area contributed by atoms with Crippen molar-refractivity contribution in [1.82, 2.24) is 20.4 Å². The molecule has 0 fully saturated rings. The first kappa shape index (κ1) is 13.5. The van der Waals surface area contributed by atoms with Gasteiger partial charge < -0.3 is 10.6 Å². The summed E-state index contributed by atoms with van der Waals surface area (Å²) in [5, 5.41) is 10.7. The maximum atomic E-state index is 4.15. The second-order valence-corrected chi connectivity index (χ2v) is 4.42. The quantitative estimate of drug-likeness (QED) is 0.455. The molecule has 5 nitrogen and oxygen atoms in total. The van der Waals surface area contributed by atoms with Crippen molar-refractivity contribution in [3.8, 4) is 0 Å². The minimum absolute atomic E-state index is 0.402. The van der Waals surface area contributed by atoms with Crippen LogP contribution in [0.25, 0.3) is 0 Å². The number of nitrogens with one attached hydrogen (secondary N) is 2. The van der Waals surface area contributed by atoms with Crippen LogP contribution in [-0.4, -0.2) is 35.4 Å². The van der Waals surface area contributed by atoms with Crippen molar-refractivity contribution in [3.63, 3.8) is 0 Å². The topological polar surface area (TPSA) is 54.2 Å². The molecule has 1 aromatic rings. The van der Waals surface area contributed by atoms with Crippen LogP contribution in [0.2, 0.25) is 0 Å². The van der Waals surface area contributed by atoms with E-state index in [0.717, 1.165) is 25.3 Å². The number of aromatic nitrogens is 2. The van der Waals surface area contributed by atoms with Crippen LogP contribution in [0.15, 0.2) is 17.4 Å². The SMILES string of the molecule is CN=C(NCCCc1cnn(C)c1)NC(C)C. The standard InChI is InChI=1S/C12H23N5/c1-10(2)16-12(13-3)14-7-5-6-11-8-15-17(4)9-11/h8-10H,5-7H2,1-4H3,(H2,13,14,16). The third-order valence-corrected chi connectivity index (χ3v) is 2.34. The minimum Gasteiger partial charge on any atom is -0.356 e. The molecule has 96 valence electrons. The first-order valence-corrected chi connectivity index (χ1v) is 6.06. The molecular formula is C12H23N5. The van der Waals surface area contributed by atoms with E-state index in [1.807, 2.05) is 17.9 Å². The largest absolute Gasteiger partial charge is 0.356 e. The van der Waals surface area contributed by atoms with E-state index in [0.29, 0.717) is 6.04 Å². The number of hydrogen-bond acceptors (Lipinski definition) is 2. The molecule has 1 aromatic heterocycles. The molecule has 5 heteroatoms. The molecule has 0 aliphatic carbocycles. The van der Waals surface area contributed by atoms with Crippen molar-refractivity contribution in [3.05, 3.63) is 18.0 Å². The van der Waals surface area contributed by atoms with Gasteiger partial charge in [-0.1, -0.05) is 0 Å². The highest BCUT2D eigenvalue weighted by molar-refractivity contribution is 5.79. The molecule has 0 saturated heterocycles. The number of aryl methyl sites for hydroxylation is 2. The third kappa shape index (κ3) is 5.38. The zero-order chi connectivity index (χ0) is 12.7. The van der Waals surface area contributed by atoms with Crippen molar-refractivity contribution in [2.75, 3.05) is 13.6 Å². The van der Waals surface area contributed by atoms with Crippen molar-refractivity contribution in [2.24, 2.45) is 12.0 Å². The summed E-state index contributed by atoms with van der Waals surface area (Å²) in [6.45, 7) is 5.12. The summed E-state index contributed by atoms with van der Waals surface area (Å²) in [5.41, 5.74) is 1.28. The molecule has 0 aliphatic heterocycles. The van der Waals surface area contributed by atoms with Gasteiger partial charge in [0.25, 0.3) is 0 Å².